The molecule has 0 amide bonds. The molecule has 0 aliphatic carbocycles. The number of hydrogen-bond acceptors (Lipinski definition) is 3. The van der Waals surface area contributed by atoms with E-state index < -0.39 is 0 Å². The number of benzene rings is 1. The summed E-state index contributed by atoms with van der Waals surface area (Å²) in [5.74, 6) is 0.635. The summed E-state index contributed by atoms with van der Waals surface area (Å²) in [5.41, 5.74) is 3.42. The summed E-state index contributed by atoms with van der Waals surface area (Å²) >= 11 is 3.48. The maximum Gasteiger partial charge on any atom is 0.172 e. The Bertz CT molecular complexity index is 662. The Morgan fingerprint density at radius 1 is 1.40 bits per heavy atom. The average Bonchev–Trinajstić information content (AvgIpc) is 2.65. The highest BCUT2D eigenvalue weighted by Crippen LogP contribution is 2.25. The maximum absolute atomic E-state index is 12.5. The molecule has 20 heavy (non-hydrogen) atoms. The van der Waals surface area contributed by atoms with Gasteiger partial charge in [0.05, 0.1) is 35.0 Å². The van der Waals surface area contributed by atoms with Crippen LogP contribution in [0.2, 0.25) is 0 Å². The van der Waals surface area contributed by atoms with E-state index in [1.54, 1.807) is 11.8 Å². The average molecular weight is 337 g/mol. The second kappa shape index (κ2) is 5.79. The second-order valence-electron chi connectivity index (χ2n) is 4.77. The first-order valence-corrected chi connectivity index (χ1v) is 7.09. The molecule has 0 unspecified atom stereocenters. The number of hydrogen-bond donors (Lipinski definition) is 0. The number of halogens is 1. The molecule has 0 N–H and O–H groups in total. The second-order valence-corrected chi connectivity index (χ2v) is 5.57. The summed E-state index contributed by atoms with van der Waals surface area (Å²) in [5, 5.41) is 4.30. The molecule has 2 rings (SSSR count). The monoisotopic (exact) mass is 336 g/mol. The lowest BCUT2D eigenvalue weighted by molar-refractivity contribution is 0.0987. The van der Waals surface area contributed by atoms with E-state index in [1.807, 2.05) is 39.1 Å². The van der Waals surface area contributed by atoms with Gasteiger partial charge in [-0.15, -0.1) is 0 Å². The number of aromatic nitrogens is 2. The minimum atomic E-state index is 0.0190. The number of ketones is 1. The number of rotatable bonds is 4. The molecule has 0 saturated heterocycles. The Labute approximate surface area is 126 Å². The van der Waals surface area contributed by atoms with Crippen LogP contribution in [0, 0.1) is 13.8 Å². The third-order valence-electron chi connectivity index (χ3n) is 3.25. The van der Waals surface area contributed by atoms with Crippen molar-refractivity contribution in [2.75, 3.05) is 7.11 Å². The normalized spacial score (nSPS) is 10.7. The van der Waals surface area contributed by atoms with E-state index in [2.05, 4.69) is 21.0 Å². The molecule has 1 heterocycles. The molecular weight excluding hydrogens is 320 g/mol. The lowest BCUT2D eigenvalue weighted by Gasteiger charge is -2.09. The minimum absolute atomic E-state index is 0.0190. The number of carbonyl (C=O) groups is 1. The molecule has 106 valence electrons. The summed E-state index contributed by atoms with van der Waals surface area (Å²) < 4.78 is 7.92. The van der Waals surface area contributed by atoms with Crippen LogP contribution in [0.1, 0.15) is 27.3 Å². The quantitative estimate of drug-likeness (QED) is 0.805. The predicted molar refractivity (Wildman–Crippen MR) is 81.4 cm³/mol. The van der Waals surface area contributed by atoms with E-state index in [4.69, 9.17) is 4.74 Å². The Balaban J connectivity index is 2.33. The maximum atomic E-state index is 12.5. The summed E-state index contributed by atoms with van der Waals surface area (Å²) in [6.45, 7) is 3.88. The number of nitrogens with zero attached hydrogens (tertiary/aromatic N) is 2. The number of carbonyl (C=O) groups excluding carboxylic acids is 1. The van der Waals surface area contributed by atoms with Crippen LogP contribution < -0.4 is 4.74 Å². The molecule has 2 aromatic rings. The van der Waals surface area contributed by atoms with Crippen LogP contribution in [-0.4, -0.2) is 22.7 Å². The topological polar surface area (TPSA) is 44.1 Å². The molecule has 0 aliphatic heterocycles. The molecule has 1 aromatic heterocycles. The first-order chi connectivity index (χ1) is 9.43. The smallest absolute Gasteiger partial charge is 0.172 e. The van der Waals surface area contributed by atoms with Gasteiger partial charge >= 0.3 is 0 Å². The van der Waals surface area contributed by atoms with Crippen LogP contribution in [0.25, 0.3) is 0 Å². The Kier molecular flexibility index (Phi) is 4.28. The highest BCUT2D eigenvalue weighted by atomic mass is 79.9. The molecule has 1 aromatic carbocycles. The van der Waals surface area contributed by atoms with Gasteiger partial charge in [0.2, 0.25) is 0 Å². The van der Waals surface area contributed by atoms with E-state index in [1.165, 1.54) is 0 Å². The van der Waals surface area contributed by atoms with Crippen molar-refractivity contribution in [1.29, 1.82) is 0 Å². The zero-order valence-electron chi connectivity index (χ0n) is 12.0. The molecule has 0 fully saturated rings. The van der Waals surface area contributed by atoms with Crippen LogP contribution in [0.5, 0.6) is 5.75 Å². The van der Waals surface area contributed by atoms with Crippen molar-refractivity contribution >= 4 is 21.7 Å². The van der Waals surface area contributed by atoms with Crippen LogP contribution in [0.15, 0.2) is 22.7 Å². The van der Waals surface area contributed by atoms with Crippen LogP contribution in [0.3, 0.4) is 0 Å². The summed E-state index contributed by atoms with van der Waals surface area (Å²) in [6, 6.07) is 5.60. The van der Waals surface area contributed by atoms with Crippen LogP contribution >= 0.6 is 15.9 Å². The standard InChI is InChI=1S/C15H17BrN2O2/c1-9-5-6-11(14(7-9)20-4)13(19)8-12-15(16)10(2)17-18(12)3/h5-7H,8H2,1-4H3. The zero-order chi connectivity index (χ0) is 14.9. The van der Waals surface area contributed by atoms with Crippen molar-refractivity contribution in [2.45, 2.75) is 20.3 Å². The first kappa shape index (κ1) is 14.8. The lowest BCUT2D eigenvalue weighted by atomic mass is 10.0. The summed E-state index contributed by atoms with van der Waals surface area (Å²) in [7, 11) is 3.42. The number of methoxy groups -OCH3 is 1. The number of ether oxygens (including phenoxy) is 1. The SMILES string of the molecule is COc1cc(C)ccc1C(=O)Cc1c(Br)c(C)nn1C. The molecule has 5 heteroatoms. The molecule has 0 aliphatic rings. The van der Waals surface area contributed by atoms with E-state index in [-0.39, 0.29) is 12.2 Å². The van der Waals surface area contributed by atoms with Gasteiger partial charge in [0, 0.05) is 7.05 Å². The summed E-state index contributed by atoms with van der Waals surface area (Å²) in [4.78, 5) is 12.5. The van der Waals surface area contributed by atoms with Crippen molar-refractivity contribution < 1.29 is 9.53 Å². The van der Waals surface area contributed by atoms with Gasteiger partial charge in [-0.2, -0.15) is 5.10 Å². The van der Waals surface area contributed by atoms with Gasteiger partial charge in [0.1, 0.15) is 5.75 Å². The molecule has 4 nitrogen and oxygen atoms in total. The van der Waals surface area contributed by atoms with Crippen molar-refractivity contribution in [3.05, 3.63) is 45.2 Å². The van der Waals surface area contributed by atoms with Crippen molar-refractivity contribution in [3.63, 3.8) is 0 Å². The Morgan fingerprint density at radius 2 is 2.10 bits per heavy atom. The van der Waals surface area contributed by atoms with Crippen molar-refractivity contribution in [3.8, 4) is 5.75 Å². The fraction of sp³-hybridized carbons (Fsp3) is 0.333. The third kappa shape index (κ3) is 2.77. The molecular formula is C15H17BrN2O2. The van der Waals surface area contributed by atoms with E-state index >= 15 is 0 Å². The molecule has 0 radical (unpaired) electrons. The number of Topliss-reactive ketones (excluding diaryl/α,β-unsaturated/α-hetero) is 1. The van der Waals surface area contributed by atoms with E-state index in [9.17, 15) is 4.79 Å². The van der Waals surface area contributed by atoms with Gasteiger partial charge in [0.25, 0.3) is 0 Å². The molecule has 0 atom stereocenters. The number of aryl methyl sites for hydroxylation is 3. The van der Waals surface area contributed by atoms with E-state index in [0.717, 1.165) is 21.4 Å². The molecule has 0 saturated carbocycles. The fourth-order valence-corrected chi connectivity index (χ4v) is 2.62. The molecule has 0 bridgehead atoms. The highest BCUT2D eigenvalue weighted by molar-refractivity contribution is 9.10. The van der Waals surface area contributed by atoms with Crippen LogP contribution in [0.4, 0.5) is 0 Å². The fourth-order valence-electron chi connectivity index (χ4n) is 2.15. The van der Waals surface area contributed by atoms with Crippen LogP contribution in [-0.2, 0) is 13.5 Å². The largest absolute Gasteiger partial charge is 0.496 e. The van der Waals surface area contributed by atoms with Crippen molar-refractivity contribution in [1.82, 2.24) is 9.78 Å². The Hall–Kier alpha value is -1.62. The Morgan fingerprint density at radius 3 is 2.65 bits per heavy atom. The highest BCUT2D eigenvalue weighted by Gasteiger charge is 2.18. The van der Waals surface area contributed by atoms with Gasteiger partial charge in [-0.1, -0.05) is 6.07 Å². The summed E-state index contributed by atoms with van der Waals surface area (Å²) in [6.07, 6.45) is 0.289. The third-order valence-corrected chi connectivity index (χ3v) is 4.28. The minimum Gasteiger partial charge on any atom is -0.496 e. The van der Waals surface area contributed by atoms with E-state index in [0.29, 0.717) is 11.3 Å². The predicted octanol–water partition coefficient (Wildman–Crippen LogP) is 3.23. The van der Waals surface area contributed by atoms with Gasteiger partial charge < -0.3 is 4.74 Å². The van der Waals surface area contributed by atoms with Gasteiger partial charge in [-0.05, 0) is 47.5 Å². The van der Waals surface area contributed by atoms with Gasteiger partial charge in [-0.3, -0.25) is 9.48 Å². The first-order valence-electron chi connectivity index (χ1n) is 6.30. The molecule has 0 spiro atoms. The van der Waals surface area contributed by atoms with Gasteiger partial charge in [0.15, 0.2) is 5.78 Å². The lowest BCUT2D eigenvalue weighted by Crippen LogP contribution is -2.10. The zero-order valence-corrected chi connectivity index (χ0v) is 13.6. The van der Waals surface area contributed by atoms with Crippen molar-refractivity contribution in [2.24, 2.45) is 7.05 Å². The van der Waals surface area contributed by atoms with Gasteiger partial charge in [-0.25, -0.2) is 0 Å².